The van der Waals surface area contributed by atoms with Crippen LogP contribution in [0.3, 0.4) is 0 Å². The number of pyridine rings is 1. The Kier molecular flexibility index (Phi) is 3.37. The van der Waals surface area contributed by atoms with Gasteiger partial charge in [0.1, 0.15) is 0 Å². The molecule has 0 unspecified atom stereocenters. The SMILES string of the molecule is CNC(=O)c1ccn(-c2c(CN)cnc3ccccc23)n1. The van der Waals surface area contributed by atoms with Crippen molar-refractivity contribution in [3.05, 3.63) is 54.0 Å². The summed E-state index contributed by atoms with van der Waals surface area (Å²) in [5, 5.41) is 7.84. The van der Waals surface area contributed by atoms with Gasteiger partial charge in [0, 0.05) is 36.9 Å². The lowest BCUT2D eigenvalue weighted by atomic mass is 10.1. The molecule has 1 aromatic carbocycles. The van der Waals surface area contributed by atoms with Crippen LogP contribution in [0.15, 0.2) is 42.7 Å². The fourth-order valence-corrected chi connectivity index (χ4v) is 2.29. The fraction of sp³-hybridized carbons (Fsp3) is 0.133. The number of hydrogen-bond donors (Lipinski definition) is 2. The monoisotopic (exact) mass is 281 g/mol. The highest BCUT2D eigenvalue weighted by Gasteiger charge is 2.13. The van der Waals surface area contributed by atoms with E-state index in [0.29, 0.717) is 12.2 Å². The van der Waals surface area contributed by atoms with Crippen LogP contribution in [-0.4, -0.2) is 27.7 Å². The zero-order valence-electron chi connectivity index (χ0n) is 11.6. The lowest BCUT2D eigenvalue weighted by molar-refractivity contribution is 0.0957. The topological polar surface area (TPSA) is 85.8 Å². The molecule has 3 rings (SSSR count). The number of hydrogen-bond acceptors (Lipinski definition) is 4. The average molecular weight is 281 g/mol. The third-order valence-electron chi connectivity index (χ3n) is 3.32. The van der Waals surface area contributed by atoms with Crippen LogP contribution in [0.25, 0.3) is 16.6 Å². The van der Waals surface area contributed by atoms with Gasteiger partial charge in [-0.3, -0.25) is 9.78 Å². The first-order chi connectivity index (χ1) is 10.2. The molecule has 3 N–H and O–H groups in total. The summed E-state index contributed by atoms with van der Waals surface area (Å²) in [5.74, 6) is -0.221. The maximum atomic E-state index is 11.7. The Hall–Kier alpha value is -2.73. The molecular formula is C15H15N5O. The van der Waals surface area contributed by atoms with Crippen LogP contribution in [0.2, 0.25) is 0 Å². The number of nitrogens with one attached hydrogen (secondary N) is 1. The summed E-state index contributed by atoms with van der Waals surface area (Å²) in [5.41, 5.74) is 8.77. The highest BCUT2D eigenvalue weighted by atomic mass is 16.1. The summed E-state index contributed by atoms with van der Waals surface area (Å²) in [6.07, 6.45) is 3.50. The number of rotatable bonds is 3. The van der Waals surface area contributed by atoms with E-state index >= 15 is 0 Å². The van der Waals surface area contributed by atoms with Crippen LogP contribution in [0.4, 0.5) is 0 Å². The Morgan fingerprint density at radius 3 is 2.90 bits per heavy atom. The zero-order chi connectivity index (χ0) is 14.8. The lowest BCUT2D eigenvalue weighted by Gasteiger charge is -2.11. The Bertz CT molecular complexity index is 809. The first-order valence-corrected chi connectivity index (χ1v) is 6.59. The molecule has 0 fully saturated rings. The molecule has 0 aliphatic rings. The van der Waals surface area contributed by atoms with E-state index in [4.69, 9.17) is 5.73 Å². The van der Waals surface area contributed by atoms with E-state index in [1.165, 1.54) is 0 Å². The molecule has 0 radical (unpaired) electrons. The van der Waals surface area contributed by atoms with E-state index in [0.717, 1.165) is 22.2 Å². The van der Waals surface area contributed by atoms with E-state index in [2.05, 4.69) is 15.4 Å². The maximum absolute atomic E-state index is 11.7. The van der Waals surface area contributed by atoms with Gasteiger partial charge in [0.05, 0.1) is 11.2 Å². The third-order valence-corrected chi connectivity index (χ3v) is 3.32. The van der Waals surface area contributed by atoms with Crippen molar-refractivity contribution >= 4 is 16.8 Å². The van der Waals surface area contributed by atoms with Crippen molar-refractivity contribution in [3.63, 3.8) is 0 Å². The average Bonchev–Trinajstić information content (AvgIpc) is 3.02. The van der Waals surface area contributed by atoms with Gasteiger partial charge in [-0.25, -0.2) is 4.68 Å². The molecule has 21 heavy (non-hydrogen) atoms. The van der Waals surface area contributed by atoms with Crippen molar-refractivity contribution in [2.75, 3.05) is 7.05 Å². The van der Waals surface area contributed by atoms with Crippen molar-refractivity contribution in [1.29, 1.82) is 0 Å². The molecule has 0 bridgehead atoms. The molecule has 2 aromatic heterocycles. The molecule has 1 amide bonds. The van der Waals surface area contributed by atoms with Crippen LogP contribution >= 0.6 is 0 Å². The second-order valence-corrected chi connectivity index (χ2v) is 4.58. The van der Waals surface area contributed by atoms with E-state index in [-0.39, 0.29) is 5.91 Å². The van der Waals surface area contributed by atoms with Crippen molar-refractivity contribution in [2.24, 2.45) is 5.73 Å². The zero-order valence-corrected chi connectivity index (χ0v) is 11.6. The number of benzene rings is 1. The van der Waals surface area contributed by atoms with Crippen molar-refractivity contribution in [3.8, 4) is 5.69 Å². The maximum Gasteiger partial charge on any atom is 0.271 e. The predicted molar refractivity (Wildman–Crippen MR) is 80.1 cm³/mol. The van der Waals surface area contributed by atoms with Gasteiger partial charge in [-0.1, -0.05) is 18.2 Å². The quantitative estimate of drug-likeness (QED) is 0.756. The number of nitrogens with two attached hydrogens (primary N) is 1. The van der Waals surface area contributed by atoms with Gasteiger partial charge in [0.15, 0.2) is 5.69 Å². The summed E-state index contributed by atoms with van der Waals surface area (Å²) >= 11 is 0. The lowest BCUT2D eigenvalue weighted by Crippen LogP contribution is -2.18. The normalized spacial score (nSPS) is 10.8. The molecule has 0 saturated carbocycles. The van der Waals surface area contributed by atoms with Crippen molar-refractivity contribution in [1.82, 2.24) is 20.1 Å². The molecule has 2 heterocycles. The summed E-state index contributed by atoms with van der Waals surface area (Å²) in [6, 6.07) is 9.45. The van der Waals surface area contributed by atoms with Gasteiger partial charge < -0.3 is 11.1 Å². The molecule has 3 aromatic rings. The second-order valence-electron chi connectivity index (χ2n) is 4.58. The standard InChI is InChI=1S/C15H15N5O/c1-17-15(21)13-6-7-20(19-13)14-10(8-16)9-18-12-5-3-2-4-11(12)14/h2-7,9H,8,16H2,1H3,(H,17,21). The number of carbonyl (C=O) groups is 1. The van der Waals surface area contributed by atoms with E-state index in [1.807, 2.05) is 24.3 Å². The summed E-state index contributed by atoms with van der Waals surface area (Å²) in [6.45, 7) is 0.350. The van der Waals surface area contributed by atoms with Crippen molar-refractivity contribution in [2.45, 2.75) is 6.54 Å². The second kappa shape index (κ2) is 5.34. The number of amides is 1. The minimum Gasteiger partial charge on any atom is -0.354 e. The predicted octanol–water partition coefficient (Wildman–Crippen LogP) is 1.24. The van der Waals surface area contributed by atoms with Gasteiger partial charge >= 0.3 is 0 Å². The molecular weight excluding hydrogens is 266 g/mol. The Balaban J connectivity index is 2.23. The molecule has 0 aliphatic heterocycles. The minimum atomic E-state index is -0.221. The van der Waals surface area contributed by atoms with Crippen LogP contribution in [-0.2, 0) is 6.54 Å². The summed E-state index contributed by atoms with van der Waals surface area (Å²) in [4.78, 5) is 16.0. The minimum absolute atomic E-state index is 0.221. The third kappa shape index (κ3) is 2.25. The van der Waals surface area contributed by atoms with Gasteiger partial charge in [-0.15, -0.1) is 0 Å². The van der Waals surface area contributed by atoms with E-state index < -0.39 is 0 Å². The Morgan fingerprint density at radius 1 is 1.33 bits per heavy atom. The van der Waals surface area contributed by atoms with Gasteiger partial charge in [-0.2, -0.15) is 5.10 Å². The van der Waals surface area contributed by atoms with E-state index in [9.17, 15) is 4.79 Å². The molecule has 0 saturated heterocycles. The van der Waals surface area contributed by atoms with Crippen molar-refractivity contribution < 1.29 is 4.79 Å². The first kappa shape index (κ1) is 13.3. The number of aromatic nitrogens is 3. The van der Waals surface area contributed by atoms with Gasteiger partial charge in [-0.05, 0) is 12.1 Å². The number of nitrogens with zero attached hydrogens (tertiary/aromatic N) is 3. The Labute approximate surface area is 121 Å². The first-order valence-electron chi connectivity index (χ1n) is 6.59. The molecule has 0 atom stereocenters. The number of para-hydroxylation sites is 1. The van der Waals surface area contributed by atoms with Crippen LogP contribution in [0.5, 0.6) is 0 Å². The number of carbonyl (C=O) groups excluding carboxylic acids is 1. The van der Waals surface area contributed by atoms with Gasteiger partial charge in [0.2, 0.25) is 0 Å². The highest BCUT2D eigenvalue weighted by molar-refractivity contribution is 5.92. The molecule has 0 aliphatic carbocycles. The number of fused-ring (bicyclic) bond motifs is 1. The van der Waals surface area contributed by atoms with E-state index in [1.54, 1.807) is 30.2 Å². The molecule has 0 spiro atoms. The van der Waals surface area contributed by atoms with Crippen LogP contribution in [0, 0.1) is 0 Å². The fourth-order valence-electron chi connectivity index (χ4n) is 2.29. The molecule has 6 heteroatoms. The Morgan fingerprint density at radius 2 is 2.14 bits per heavy atom. The summed E-state index contributed by atoms with van der Waals surface area (Å²) in [7, 11) is 1.58. The van der Waals surface area contributed by atoms with Crippen LogP contribution < -0.4 is 11.1 Å². The van der Waals surface area contributed by atoms with Gasteiger partial charge in [0.25, 0.3) is 5.91 Å². The highest BCUT2D eigenvalue weighted by Crippen LogP contribution is 2.24. The largest absolute Gasteiger partial charge is 0.354 e. The van der Waals surface area contributed by atoms with Crippen LogP contribution in [0.1, 0.15) is 16.1 Å². The smallest absolute Gasteiger partial charge is 0.271 e. The summed E-state index contributed by atoms with van der Waals surface area (Å²) < 4.78 is 1.68. The molecule has 106 valence electrons. The molecule has 6 nitrogen and oxygen atoms in total.